The predicted octanol–water partition coefficient (Wildman–Crippen LogP) is -0.382. The number of esters is 1. The van der Waals surface area contributed by atoms with Gasteiger partial charge in [0.15, 0.2) is 5.78 Å². The minimum Gasteiger partial charge on any atom is -1.00 e. The maximum Gasteiger partial charge on any atom is 1.00 e. The molecule has 0 radical (unpaired) electrons. The molecule has 2 unspecified atom stereocenters. The molecular formula is C13H21NaO3. The molecule has 0 amide bonds. The van der Waals surface area contributed by atoms with Crippen LogP contribution in [0.3, 0.4) is 0 Å². The summed E-state index contributed by atoms with van der Waals surface area (Å²) in [6.07, 6.45) is 8.52. The third-order valence-corrected chi connectivity index (χ3v) is 3.13. The van der Waals surface area contributed by atoms with E-state index in [2.05, 4.69) is 6.92 Å². The Bertz CT molecular complexity index is 292. The van der Waals surface area contributed by atoms with Crippen LogP contribution in [0.1, 0.15) is 40.5 Å². The molecule has 0 aliphatic heterocycles. The van der Waals surface area contributed by atoms with Crippen molar-refractivity contribution in [2.75, 3.05) is 7.11 Å². The van der Waals surface area contributed by atoms with Crippen molar-refractivity contribution in [2.24, 2.45) is 11.8 Å². The molecule has 92 valence electrons. The fraction of sp³-hybridized carbons (Fsp3) is 0.692. The van der Waals surface area contributed by atoms with Crippen molar-refractivity contribution in [1.29, 1.82) is 0 Å². The number of rotatable bonds is 5. The first-order valence-electron chi connectivity index (χ1n) is 5.99. The molecule has 3 nitrogen and oxygen atoms in total. The van der Waals surface area contributed by atoms with Crippen LogP contribution in [-0.2, 0) is 14.3 Å². The zero-order chi connectivity index (χ0) is 12.0. The molecule has 0 heterocycles. The number of carbonyl (C=O) groups excluding carboxylic acids is 2. The Labute approximate surface area is 127 Å². The fourth-order valence-corrected chi connectivity index (χ4v) is 2.21. The molecule has 0 aromatic rings. The normalized spacial score (nSPS) is 23.1. The minimum absolute atomic E-state index is 0. The first-order valence-corrected chi connectivity index (χ1v) is 5.99. The first kappa shape index (κ1) is 16.9. The van der Waals surface area contributed by atoms with Crippen molar-refractivity contribution < 1.29 is 45.3 Å². The van der Waals surface area contributed by atoms with Crippen LogP contribution in [-0.4, -0.2) is 18.9 Å². The van der Waals surface area contributed by atoms with Crippen molar-refractivity contribution in [3.63, 3.8) is 0 Å². The van der Waals surface area contributed by atoms with Gasteiger partial charge in [0.25, 0.3) is 0 Å². The Hall–Kier alpha value is -0.120. The molecule has 2 atom stereocenters. The van der Waals surface area contributed by atoms with Crippen LogP contribution in [0.5, 0.6) is 0 Å². The maximum absolute atomic E-state index is 11.7. The zero-order valence-electron chi connectivity index (χ0n) is 12.1. The summed E-state index contributed by atoms with van der Waals surface area (Å²) < 4.78 is 4.70. The molecule has 0 saturated carbocycles. The van der Waals surface area contributed by atoms with Crippen LogP contribution < -0.4 is 29.6 Å². The van der Waals surface area contributed by atoms with Gasteiger partial charge in [0, 0.05) is 0 Å². The molecule has 0 saturated heterocycles. The topological polar surface area (TPSA) is 43.4 Å². The van der Waals surface area contributed by atoms with Gasteiger partial charge < -0.3 is 6.16 Å². The van der Waals surface area contributed by atoms with Gasteiger partial charge in [-0.15, -0.1) is 0 Å². The molecule has 0 spiro atoms. The monoisotopic (exact) mass is 248 g/mol. The summed E-state index contributed by atoms with van der Waals surface area (Å²) in [7, 11) is 1.34. The molecule has 4 heteroatoms. The van der Waals surface area contributed by atoms with Crippen LogP contribution in [0, 0.1) is 11.8 Å². The summed E-state index contributed by atoms with van der Waals surface area (Å²) >= 11 is 0. The van der Waals surface area contributed by atoms with Crippen molar-refractivity contribution in [3.05, 3.63) is 12.2 Å². The van der Waals surface area contributed by atoms with Gasteiger partial charge in [0.1, 0.15) is 5.92 Å². The molecule has 0 aromatic heterocycles. The molecule has 0 bridgehead atoms. The van der Waals surface area contributed by atoms with Gasteiger partial charge in [-0.05, 0) is 24.8 Å². The zero-order valence-corrected chi connectivity index (χ0v) is 13.1. The van der Waals surface area contributed by atoms with Gasteiger partial charge in [-0.2, -0.15) is 0 Å². The molecule has 0 fully saturated rings. The second-order valence-electron chi connectivity index (χ2n) is 4.30. The van der Waals surface area contributed by atoms with E-state index < -0.39 is 5.92 Å². The number of allylic oxidation sites excluding steroid dienone is 2. The Morgan fingerprint density at radius 3 is 2.82 bits per heavy atom. The van der Waals surface area contributed by atoms with Crippen LogP contribution in [0.2, 0.25) is 0 Å². The van der Waals surface area contributed by atoms with Crippen LogP contribution in [0.15, 0.2) is 12.2 Å². The van der Waals surface area contributed by atoms with Crippen LogP contribution in [0.4, 0.5) is 0 Å². The minimum atomic E-state index is -0.563. The van der Waals surface area contributed by atoms with Gasteiger partial charge >= 0.3 is 35.5 Å². The molecule has 17 heavy (non-hydrogen) atoms. The molecule has 1 aliphatic rings. The van der Waals surface area contributed by atoms with Crippen molar-refractivity contribution >= 4 is 11.8 Å². The van der Waals surface area contributed by atoms with E-state index in [9.17, 15) is 9.59 Å². The van der Waals surface area contributed by atoms with E-state index in [1.54, 1.807) is 0 Å². The number of carbonyl (C=O) groups is 2. The fourth-order valence-electron chi connectivity index (χ4n) is 2.21. The van der Waals surface area contributed by atoms with Gasteiger partial charge in [0.05, 0.1) is 7.11 Å². The number of hydrogen-bond donors (Lipinski definition) is 0. The maximum atomic E-state index is 11.7. The van der Waals surface area contributed by atoms with Gasteiger partial charge in [-0.25, -0.2) is 0 Å². The van der Waals surface area contributed by atoms with E-state index in [-0.39, 0.29) is 48.7 Å². The summed E-state index contributed by atoms with van der Waals surface area (Å²) in [6, 6.07) is 0. The molecule has 0 aromatic carbocycles. The number of hydrogen-bond acceptors (Lipinski definition) is 3. The quantitative estimate of drug-likeness (QED) is 0.288. The average Bonchev–Trinajstić information content (AvgIpc) is 2.29. The van der Waals surface area contributed by atoms with Crippen molar-refractivity contribution in [3.8, 4) is 0 Å². The summed E-state index contributed by atoms with van der Waals surface area (Å²) in [5, 5.41) is 0. The Morgan fingerprint density at radius 1 is 1.53 bits per heavy atom. The van der Waals surface area contributed by atoms with E-state index in [1.165, 1.54) is 13.2 Å². The summed E-state index contributed by atoms with van der Waals surface area (Å²) in [5.41, 5.74) is 0. The number of ketones is 1. The second-order valence-corrected chi connectivity index (χ2v) is 4.30. The Morgan fingerprint density at radius 2 is 2.24 bits per heavy atom. The number of ether oxygens (including phenoxy) is 1. The Balaban J connectivity index is 0. The number of methoxy groups -OCH3 is 1. The van der Waals surface area contributed by atoms with E-state index in [0.29, 0.717) is 0 Å². The van der Waals surface area contributed by atoms with Crippen molar-refractivity contribution in [2.45, 2.75) is 39.0 Å². The van der Waals surface area contributed by atoms with E-state index in [4.69, 9.17) is 4.74 Å². The second kappa shape index (κ2) is 8.90. The summed E-state index contributed by atoms with van der Waals surface area (Å²) in [4.78, 5) is 23.2. The first-order chi connectivity index (χ1) is 7.70. The standard InChI is InChI=1S/C13H20O3.Na.H/c1-3-4-5-7-10-8-6-9-11(14)12(10)13(15)16-2;;/h6,9-10,12H,3-5,7-8H2,1-2H3;;/q;+1;-1. The molecule has 1 rings (SSSR count). The third-order valence-electron chi connectivity index (χ3n) is 3.13. The van der Waals surface area contributed by atoms with Crippen molar-refractivity contribution in [1.82, 2.24) is 0 Å². The predicted molar refractivity (Wildman–Crippen MR) is 63.0 cm³/mol. The van der Waals surface area contributed by atoms with Gasteiger partial charge in [-0.1, -0.05) is 32.3 Å². The Kier molecular flexibility index (Phi) is 8.83. The molecule has 0 N–H and O–H groups in total. The molecule has 1 aliphatic carbocycles. The smallest absolute Gasteiger partial charge is 1.00 e. The number of unbranched alkanes of at least 4 members (excludes halogenated alkanes) is 2. The van der Waals surface area contributed by atoms with Crippen LogP contribution >= 0.6 is 0 Å². The van der Waals surface area contributed by atoms with Gasteiger partial charge in [-0.3, -0.25) is 9.59 Å². The van der Waals surface area contributed by atoms with Gasteiger partial charge in [0.2, 0.25) is 0 Å². The molecular weight excluding hydrogens is 227 g/mol. The van der Waals surface area contributed by atoms with E-state index in [0.717, 1.165) is 32.1 Å². The summed E-state index contributed by atoms with van der Waals surface area (Å²) in [5.74, 6) is -0.904. The largest absolute Gasteiger partial charge is 1.00 e. The summed E-state index contributed by atoms with van der Waals surface area (Å²) in [6.45, 7) is 2.14. The van der Waals surface area contributed by atoms with E-state index >= 15 is 0 Å². The van der Waals surface area contributed by atoms with Crippen LogP contribution in [0.25, 0.3) is 0 Å². The third kappa shape index (κ3) is 4.94. The average molecular weight is 248 g/mol. The van der Waals surface area contributed by atoms with E-state index in [1.807, 2.05) is 6.08 Å². The SMILES string of the molecule is CCCCCC1CC=CC(=O)C1C(=O)OC.[H-].[Na+].